The van der Waals surface area contributed by atoms with Crippen LogP contribution in [0.15, 0.2) is 22.7 Å². The fourth-order valence-electron chi connectivity index (χ4n) is 2.26. The molecule has 100 valence electrons. The number of rotatable bonds is 6. The van der Waals surface area contributed by atoms with Crippen LogP contribution in [0.25, 0.3) is 0 Å². The van der Waals surface area contributed by atoms with Gasteiger partial charge in [-0.1, -0.05) is 18.5 Å². The number of hydrogen-bond acceptors (Lipinski definition) is 2. The summed E-state index contributed by atoms with van der Waals surface area (Å²) in [7, 11) is 0. The molecule has 1 aromatic carbocycles. The summed E-state index contributed by atoms with van der Waals surface area (Å²) < 4.78 is 7.16. The van der Waals surface area contributed by atoms with Crippen molar-refractivity contribution in [2.45, 2.75) is 38.2 Å². The summed E-state index contributed by atoms with van der Waals surface area (Å²) in [5.41, 5.74) is 0.0263. The maximum atomic E-state index is 6.22. The van der Waals surface area contributed by atoms with Gasteiger partial charge in [0, 0.05) is 5.02 Å². The third-order valence-electron chi connectivity index (χ3n) is 3.49. The molecule has 1 aromatic rings. The van der Waals surface area contributed by atoms with Gasteiger partial charge in [0.1, 0.15) is 11.4 Å². The van der Waals surface area contributed by atoms with Crippen LogP contribution in [0, 0.1) is 0 Å². The SMILES string of the molecule is CCNCCC1(Oc2ccc(Cl)cc2Br)CCC1. The van der Waals surface area contributed by atoms with E-state index in [-0.39, 0.29) is 5.60 Å². The molecule has 0 atom stereocenters. The van der Waals surface area contributed by atoms with Crippen LogP contribution in [0.5, 0.6) is 5.75 Å². The number of hydrogen-bond donors (Lipinski definition) is 1. The van der Waals surface area contributed by atoms with Gasteiger partial charge in [-0.3, -0.25) is 0 Å². The van der Waals surface area contributed by atoms with E-state index < -0.39 is 0 Å². The smallest absolute Gasteiger partial charge is 0.134 e. The average Bonchev–Trinajstić information content (AvgIpc) is 2.29. The lowest BCUT2D eigenvalue weighted by Crippen LogP contribution is -2.45. The molecule has 0 aliphatic heterocycles. The second-order valence-electron chi connectivity index (χ2n) is 4.82. The van der Waals surface area contributed by atoms with Crippen molar-refractivity contribution >= 4 is 27.5 Å². The lowest BCUT2D eigenvalue weighted by atomic mass is 9.77. The molecule has 1 N–H and O–H groups in total. The monoisotopic (exact) mass is 331 g/mol. The molecule has 1 saturated carbocycles. The van der Waals surface area contributed by atoms with Crippen molar-refractivity contribution in [1.82, 2.24) is 5.32 Å². The van der Waals surface area contributed by atoms with Gasteiger partial charge in [0.25, 0.3) is 0 Å². The van der Waals surface area contributed by atoms with Crippen LogP contribution >= 0.6 is 27.5 Å². The van der Waals surface area contributed by atoms with E-state index in [1.54, 1.807) is 0 Å². The lowest BCUT2D eigenvalue weighted by Gasteiger charge is -2.42. The zero-order valence-electron chi connectivity index (χ0n) is 10.6. The van der Waals surface area contributed by atoms with Crippen molar-refractivity contribution in [1.29, 1.82) is 0 Å². The van der Waals surface area contributed by atoms with Gasteiger partial charge >= 0.3 is 0 Å². The van der Waals surface area contributed by atoms with E-state index in [1.807, 2.05) is 18.2 Å². The molecular weight excluding hydrogens is 314 g/mol. The first kappa shape index (κ1) is 14.2. The lowest BCUT2D eigenvalue weighted by molar-refractivity contribution is -0.0147. The Balaban J connectivity index is 2.01. The maximum Gasteiger partial charge on any atom is 0.134 e. The first-order valence-corrected chi connectivity index (χ1v) is 7.67. The molecule has 0 saturated heterocycles. The van der Waals surface area contributed by atoms with Crippen molar-refractivity contribution in [3.63, 3.8) is 0 Å². The van der Waals surface area contributed by atoms with Crippen LogP contribution < -0.4 is 10.1 Å². The van der Waals surface area contributed by atoms with Crippen LogP contribution in [0.3, 0.4) is 0 Å². The summed E-state index contributed by atoms with van der Waals surface area (Å²) >= 11 is 9.45. The van der Waals surface area contributed by atoms with E-state index in [0.29, 0.717) is 0 Å². The average molecular weight is 333 g/mol. The summed E-state index contributed by atoms with van der Waals surface area (Å²) in [5, 5.41) is 4.10. The highest BCUT2D eigenvalue weighted by Crippen LogP contribution is 2.41. The number of halogens is 2. The van der Waals surface area contributed by atoms with E-state index >= 15 is 0 Å². The predicted molar refractivity (Wildman–Crippen MR) is 79.5 cm³/mol. The van der Waals surface area contributed by atoms with Crippen LogP contribution in [0.4, 0.5) is 0 Å². The molecule has 0 unspecified atom stereocenters. The molecule has 1 aliphatic rings. The Hall–Kier alpha value is -0.250. The molecule has 1 fully saturated rings. The minimum atomic E-state index is 0.0263. The summed E-state index contributed by atoms with van der Waals surface area (Å²) in [6, 6.07) is 5.70. The molecule has 2 nitrogen and oxygen atoms in total. The Bertz CT molecular complexity index is 407. The fraction of sp³-hybridized carbons (Fsp3) is 0.571. The third kappa shape index (κ3) is 3.40. The Labute approximate surface area is 122 Å². The molecule has 1 aliphatic carbocycles. The van der Waals surface area contributed by atoms with Gasteiger partial charge in [0.05, 0.1) is 4.47 Å². The van der Waals surface area contributed by atoms with E-state index in [1.165, 1.54) is 6.42 Å². The topological polar surface area (TPSA) is 21.3 Å². The zero-order chi connectivity index (χ0) is 13.0. The second-order valence-corrected chi connectivity index (χ2v) is 6.11. The fourth-order valence-corrected chi connectivity index (χ4v) is 3.02. The van der Waals surface area contributed by atoms with Crippen molar-refractivity contribution in [2.75, 3.05) is 13.1 Å². The normalized spacial score (nSPS) is 17.3. The van der Waals surface area contributed by atoms with Gasteiger partial charge in [-0.15, -0.1) is 0 Å². The van der Waals surface area contributed by atoms with Crippen LogP contribution in [0.1, 0.15) is 32.6 Å². The molecule has 18 heavy (non-hydrogen) atoms. The van der Waals surface area contributed by atoms with E-state index in [2.05, 4.69) is 28.2 Å². The molecular formula is C14H19BrClNO. The van der Waals surface area contributed by atoms with Crippen molar-refractivity contribution in [2.24, 2.45) is 0 Å². The van der Waals surface area contributed by atoms with Crippen molar-refractivity contribution in [3.8, 4) is 5.75 Å². The quantitative estimate of drug-likeness (QED) is 0.779. The third-order valence-corrected chi connectivity index (χ3v) is 4.35. The molecule has 4 heteroatoms. The number of ether oxygens (including phenoxy) is 1. The Morgan fingerprint density at radius 3 is 2.78 bits per heavy atom. The summed E-state index contributed by atoms with van der Waals surface area (Å²) in [4.78, 5) is 0. The molecule has 0 aromatic heterocycles. The van der Waals surface area contributed by atoms with Gasteiger partial charge in [0.15, 0.2) is 0 Å². The maximum absolute atomic E-state index is 6.22. The molecule has 0 radical (unpaired) electrons. The van der Waals surface area contributed by atoms with Crippen LogP contribution in [-0.4, -0.2) is 18.7 Å². The zero-order valence-corrected chi connectivity index (χ0v) is 13.0. The summed E-state index contributed by atoms with van der Waals surface area (Å²) in [6.07, 6.45) is 4.62. The number of benzene rings is 1. The highest BCUT2D eigenvalue weighted by Gasteiger charge is 2.39. The highest BCUT2D eigenvalue weighted by atomic mass is 79.9. The Kier molecular flexibility index (Phi) is 4.93. The van der Waals surface area contributed by atoms with Gasteiger partial charge in [-0.05, 0) is 72.9 Å². The first-order chi connectivity index (χ1) is 8.65. The second kappa shape index (κ2) is 6.27. The molecule has 0 bridgehead atoms. The molecule has 2 rings (SSSR count). The van der Waals surface area contributed by atoms with E-state index in [4.69, 9.17) is 16.3 Å². The molecule has 0 amide bonds. The highest BCUT2D eigenvalue weighted by molar-refractivity contribution is 9.10. The van der Waals surface area contributed by atoms with Gasteiger partial charge in [-0.2, -0.15) is 0 Å². The van der Waals surface area contributed by atoms with E-state index in [9.17, 15) is 0 Å². The van der Waals surface area contributed by atoms with Crippen molar-refractivity contribution < 1.29 is 4.74 Å². The van der Waals surface area contributed by atoms with Crippen LogP contribution in [-0.2, 0) is 0 Å². The Morgan fingerprint density at radius 2 is 2.22 bits per heavy atom. The van der Waals surface area contributed by atoms with Crippen molar-refractivity contribution in [3.05, 3.63) is 27.7 Å². The van der Waals surface area contributed by atoms with Crippen LogP contribution in [0.2, 0.25) is 5.02 Å². The van der Waals surface area contributed by atoms with E-state index in [0.717, 1.165) is 47.6 Å². The molecule has 0 heterocycles. The number of nitrogens with one attached hydrogen (secondary N) is 1. The Morgan fingerprint density at radius 1 is 1.44 bits per heavy atom. The summed E-state index contributed by atoms with van der Waals surface area (Å²) in [5.74, 6) is 0.899. The standard InChI is InChI=1S/C14H19BrClNO/c1-2-17-9-8-14(6-3-7-14)18-13-5-4-11(16)10-12(13)15/h4-5,10,17H,2-3,6-9H2,1H3. The predicted octanol–water partition coefficient (Wildman–Crippen LogP) is 4.40. The summed E-state index contributed by atoms with van der Waals surface area (Å²) in [6.45, 7) is 4.16. The molecule has 0 spiro atoms. The van der Waals surface area contributed by atoms with Gasteiger partial charge < -0.3 is 10.1 Å². The minimum Gasteiger partial charge on any atom is -0.486 e. The minimum absolute atomic E-state index is 0.0263. The van der Waals surface area contributed by atoms with Gasteiger partial charge in [0.2, 0.25) is 0 Å². The first-order valence-electron chi connectivity index (χ1n) is 6.50. The largest absolute Gasteiger partial charge is 0.486 e. The van der Waals surface area contributed by atoms with Gasteiger partial charge in [-0.25, -0.2) is 0 Å².